The zero-order valence-corrected chi connectivity index (χ0v) is 40.7. The van der Waals surface area contributed by atoms with Crippen LogP contribution in [0.1, 0.15) is 104 Å². The zero-order chi connectivity index (χ0) is 47.2. The summed E-state index contributed by atoms with van der Waals surface area (Å²) < 4.78 is 14.3. The molecule has 4 aliphatic rings. The summed E-state index contributed by atoms with van der Waals surface area (Å²) >= 11 is 0. The van der Waals surface area contributed by atoms with Crippen LogP contribution >= 0.6 is 0 Å². The fourth-order valence-electron chi connectivity index (χ4n) is 11.7. The van der Waals surface area contributed by atoms with Crippen LogP contribution in [0.15, 0.2) is 212 Å². The van der Waals surface area contributed by atoms with Gasteiger partial charge >= 0.3 is 0 Å². The third-order valence-electron chi connectivity index (χ3n) is 15.8. The van der Waals surface area contributed by atoms with Crippen LogP contribution in [-0.4, -0.2) is 6.71 Å². The van der Waals surface area contributed by atoms with Gasteiger partial charge in [-0.25, -0.2) is 0 Å². The second-order valence-electron chi connectivity index (χ2n) is 21.6. The predicted octanol–water partition coefficient (Wildman–Crippen LogP) is 14.7. The van der Waals surface area contributed by atoms with E-state index in [4.69, 9.17) is 9.47 Å². The fraction of sp³-hybridized carbons (Fsp3) is 0.182. The Bertz CT molecular complexity index is 3290. The van der Waals surface area contributed by atoms with Gasteiger partial charge < -0.3 is 9.47 Å². The highest BCUT2D eigenvalue weighted by Gasteiger charge is 2.43. The maximum atomic E-state index is 7.15. The maximum absolute atomic E-state index is 7.15. The first-order valence-corrected chi connectivity index (χ1v) is 24.7. The van der Waals surface area contributed by atoms with E-state index < -0.39 is 0 Å². The number of allylic oxidation sites excluding steroid dienone is 5. The lowest BCUT2D eigenvalue weighted by Crippen LogP contribution is -2.57. The van der Waals surface area contributed by atoms with Crippen LogP contribution in [0.4, 0.5) is 0 Å². The van der Waals surface area contributed by atoms with Gasteiger partial charge in [0.2, 0.25) is 0 Å². The summed E-state index contributed by atoms with van der Waals surface area (Å²) in [5, 5.41) is 0. The molecule has 8 aromatic carbocycles. The van der Waals surface area contributed by atoms with Gasteiger partial charge in [0.25, 0.3) is 6.71 Å². The van der Waals surface area contributed by atoms with E-state index in [0.29, 0.717) is 0 Å². The maximum Gasteiger partial charge on any atom is 0.260 e. The highest BCUT2D eigenvalue weighted by Crippen LogP contribution is 2.51. The van der Waals surface area contributed by atoms with Gasteiger partial charge in [-0.15, -0.1) is 0 Å². The normalized spacial score (nSPS) is 16.7. The van der Waals surface area contributed by atoms with E-state index in [1.807, 2.05) is 0 Å². The second-order valence-corrected chi connectivity index (χ2v) is 21.6. The molecule has 0 saturated carbocycles. The van der Waals surface area contributed by atoms with Gasteiger partial charge in [-0.3, -0.25) is 0 Å². The Hall–Kier alpha value is -7.36. The number of fused-ring (bicyclic) bond motifs is 6. The zero-order valence-electron chi connectivity index (χ0n) is 40.7. The van der Waals surface area contributed by atoms with Gasteiger partial charge in [0.05, 0.1) is 0 Å². The first-order chi connectivity index (χ1) is 33.3. The summed E-state index contributed by atoms with van der Waals surface area (Å²) in [6.45, 7) is 16.2. The predicted molar refractivity (Wildman–Crippen MR) is 288 cm³/mol. The highest BCUT2D eigenvalue weighted by atomic mass is 16.5. The summed E-state index contributed by atoms with van der Waals surface area (Å²) in [7, 11) is 0. The summed E-state index contributed by atoms with van der Waals surface area (Å²) in [6.07, 6.45) is 9.20. The van der Waals surface area contributed by atoms with Crippen LogP contribution in [0.25, 0.3) is 16.7 Å². The molecule has 0 spiro atoms. The van der Waals surface area contributed by atoms with E-state index in [0.717, 1.165) is 39.6 Å². The number of benzene rings is 8. The van der Waals surface area contributed by atoms with Crippen molar-refractivity contribution in [2.24, 2.45) is 5.92 Å². The van der Waals surface area contributed by atoms with E-state index >= 15 is 0 Å². The van der Waals surface area contributed by atoms with E-state index in [1.165, 1.54) is 72.1 Å². The molecular weight excluding hydrogens is 836 g/mol. The smallest absolute Gasteiger partial charge is 0.260 e. The van der Waals surface area contributed by atoms with Crippen LogP contribution in [0.5, 0.6) is 23.0 Å². The van der Waals surface area contributed by atoms with Crippen molar-refractivity contribution >= 4 is 28.7 Å². The Balaban J connectivity index is 1.03. The second kappa shape index (κ2) is 16.1. The molecule has 12 rings (SSSR count). The molecule has 2 atom stereocenters. The third-order valence-corrected chi connectivity index (χ3v) is 15.8. The minimum Gasteiger partial charge on any atom is -0.458 e. The van der Waals surface area contributed by atoms with E-state index in [1.54, 1.807) is 0 Å². The summed E-state index contributed by atoms with van der Waals surface area (Å²) in [6, 6.07) is 67.3. The van der Waals surface area contributed by atoms with Gasteiger partial charge in [0, 0.05) is 28.1 Å². The SMILES string of the molecule is CC(C)(C)c1cc(-c2cc3c4c(c2)Oc2ccc(C(C)(C)c5ccccc5)cc2B4c2cc(C(C)(C)c4ccccc4)ccc2O3)cc(C2c3ccccc3C(c3ccccc3)=C3C=CC=CC32)c1. The molecular formula is C66H57BO2. The van der Waals surface area contributed by atoms with Crippen molar-refractivity contribution in [3.05, 3.63) is 262 Å². The van der Waals surface area contributed by atoms with Gasteiger partial charge in [-0.1, -0.05) is 230 Å². The van der Waals surface area contributed by atoms with Crippen LogP contribution in [0.3, 0.4) is 0 Å². The summed E-state index contributed by atoms with van der Waals surface area (Å²) in [5.41, 5.74) is 19.3. The Labute approximate surface area is 408 Å². The Morgan fingerprint density at radius 3 is 1.55 bits per heavy atom. The Kier molecular flexibility index (Phi) is 10.0. The molecule has 0 aromatic heterocycles. The van der Waals surface area contributed by atoms with Crippen molar-refractivity contribution in [2.45, 2.75) is 70.6 Å². The van der Waals surface area contributed by atoms with Gasteiger partial charge in [-0.05, 0) is 113 Å². The molecule has 336 valence electrons. The Morgan fingerprint density at radius 1 is 0.435 bits per heavy atom. The van der Waals surface area contributed by atoms with Gasteiger partial charge in [0.1, 0.15) is 23.0 Å². The highest BCUT2D eigenvalue weighted by molar-refractivity contribution is 6.98. The molecule has 0 radical (unpaired) electrons. The third kappa shape index (κ3) is 7.16. The molecule has 0 amide bonds. The molecule has 2 unspecified atom stereocenters. The van der Waals surface area contributed by atoms with Gasteiger partial charge in [0.15, 0.2) is 0 Å². The van der Waals surface area contributed by atoms with E-state index in [2.05, 4.69) is 255 Å². The van der Waals surface area contributed by atoms with Crippen LogP contribution in [-0.2, 0) is 16.2 Å². The van der Waals surface area contributed by atoms with Crippen LogP contribution in [0, 0.1) is 5.92 Å². The number of rotatable bonds is 7. The lowest BCUT2D eigenvalue weighted by Gasteiger charge is -2.37. The van der Waals surface area contributed by atoms with Crippen molar-refractivity contribution < 1.29 is 9.47 Å². The fourth-order valence-corrected chi connectivity index (χ4v) is 11.7. The minimum atomic E-state index is -0.230. The molecule has 0 N–H and O–H groups in total. The summed E-state index contributed by atoms with van der Waals surface area (Å²) in [5.74, 6) is 3.74. The number of hydrogen-bond acceptors (Lipinski definition) is 2. The van der Waals surface area contributed by atoms with Crippen molar-refractivity contribution in [2.75, 3.05) is 0 Å². The van der Waals surface area contributed by atoms with Crippen molar-refractivity contribution in [3.63, 3.8) is 0 Å². The quantitative estimate of drug-likeness (QED) is 0.148. The lowest BCUT2D eigenvalue weighted by atomic mass is 9.34. The van der Waals surface area contributed by atoms with Crippen LogP contribution in [0.2, 0.25) is 0 Å². The first-order valence-electron chi connectivity index (χ1n) is 24.7. The monoisotopic (exact) mass is 892 g/mol. The number of hydrogen-bond donors (Lipinski definition) is 0. The minimum absolute atomic E-state index is 0.0973. The molecule has 2 heterocycles. The van der Waals surface area contributed by atoms with Gasteiger partial charge in [-0.2, -0.15) is 0 Å². The molecule has 2 aliphatic carbocycles. The largest absolute Gasteiger partial charge is 0.458 e. The molecule has 0 saturated heterocycles. The lowest BCUT2D eigenvalue weighted by molar-refractivity contribution is 0.464. The van der Waals surface area contributed by atoms with Crippen molar-refractivity contribution in [1.82, 2.24) is 0 Å². The average molecular weight is 893 g/mol. The molecule has 0 bridgehead atoms. The standard InChI is InChI=1S/C66H57BO2/c1-64(2,3)50-36-43(35-45(37-50)62-53-29-19-17-27-51(53)61(42-21-11-8-12-22-42)52-28-18-20-30-54(52)62)44-38-59-63-60(39-44)69-58-34-32-49(66(6,7)47-25-15-10-16-26-47)41-56(58)67(63)55-40-48(31-33-57(55)68-59)65(4,5)46-23-13-9-14-24-46/h8-41,53,62H,1-7H3. The topological polar surface area (TPSA) is 18.5 Å². The first kappa shape index (κ1) is 43.0. The van der Waals surface area contributed by atoms with Crippen molar-refractivity contribution in [3.8, 4) is 34.1 Å². The van der Waals surface area contributed by atoms with E-state index in [-0.39, 0.29) is 34.8 Å². The molecule has 2 aliphatic heterocycles. The molecule has 69 heavy (non-hydrogen) atoms. The Morgan fingerprint density at radius 2 is 0.971 bits per heavy atom. The molecule has 0 fully saturated rings. The van der Waals surface area contributed by atoms with E-state index in [9.17, 15) is 0 Å². The average Bonchev–Trinajstić information content (AvgIpc) is 3.37. The molecule has 2 nitrogen and oxygen atoms in total. The molecule has 3 heteroatoms. The van der Waals surface area contributed by atoms with Crippen LogP contribution < -0.4 is 25.9 Å². The summed E-state index contributed by atoms with van der Waals surface area (Å²) in [4.78, 5) is 0. The van der Waals surface area contributed by atoms with Crippen molar-refractivity contribution in [1.29, 1.82) is 0 Å². The molecule has 8 aromatic rings. The number of ether oxygens (including phenoxy) is 2.